The molecule has 0 amide bonds. The molecule has 2 N–H and O–H groups in total. The number of hydrogen-bond acceptors (Lipinski definition) is 1. The molecular formula is C11H10F5N. The first-order chi connectivity index (χ1) is 7.74. The molecule has 0 spiro atoms. The van der Waals surface area contributed by atoms with Gasteiger partial charge in [-0.3, -0.25) is 0 Å². The van der Waals surface area contributed by atoms with E-state index in [1.807, 2.05) is 0 Å². The normalized spacial score (nSPS) is 22.6. The summed E-state index contributed by atoms with van der Waals surface area (Å²) >= 11 is 0. The first-order valence-corrected chi connectivity index (χ1v) is 5.03. The number of rotatable bonds is 2. The minimum absolute atomic E-state index is 0.0188. The highest BCUT2D eigenvalue weighted by atomic mass is 19.4. The molecular weight excluding hydrogens is 241 g/mol. The third-order valence-corrected chi connectivity index (χ3v) is 2.81. The summed E-state index contributed by atoms with van der Waals surface area (Å²) in [6, 6.07) is 3.00. The van der Waals surface area contributed by atoms with Crippen molar-refractivity contribution in [3.63, 3.8) is 0 Å². The molecule has 0 saturated heterocycles. The van der Waals surface area contributed by atoms with E-state index in [2.05, 4.69) is 0 Å². The van der Waals surface area contributed by atoms with E-state index in [9.17, 15) is 22.0 Å². The Labute approximate surface area is 94.4 Å². The Hall–Kier alpha value is -1.17. The van der Waals surface area contributed by atoms with Crippen molar-refractivity contribution in [2.45, 2.75) is 31.0 Å². The maximum Gasteiger partial charge on any atom is 0.416 e. The quantitative estimate of drug-likeness (QED) is 0.802. The van der Waals surface area contributed by atoms with Crippen LogP contribution in [0.4, 0.5) is 22.0 Å². The van der Waals surface area contributed by atoms with Gasteiger partial charge in [-0.25, -0.2) is 8.78 Å². The Kier molecular flexibility index (Phi) is 2.65. The molecule has 0 radical (unpaired) electrons. The number of alkyl halides is 5. The van der Waals surface area contributed by atoms with Crippen molar-refractivity contribution in [3.8, 4) is 0 Å². The SMILES string of the molecule is NCc1cc(C2CC2(F)F)cc(C(F)(F)F)c1. The van der Waals surface area contributed by atoms with Gasteiger partial charge in [-0.1, -0.05) is 6.07 Å². The first kappa shape index (κ1) is 12.3. The van der Waals surface area contributed by atoms with E-state index >= 15 is 0 Å². The molecule has 2 rings (SSSR count). The molecule has 1 nitrogen and oxygen atoms in total. The van der Waals surface area contributed by atoms with Gasteiger partial charge in [-0.15, -0.1) is 0 Å². The van der Waals surface area contributed by atoms with Crippen LogP contribution in [0.25, 0.3) is 0 Å². The molecule has 1 aromatic rings. The lowest BCUT2D eigenvalue weighted by atomic mass is 10.0. The summed E-state index contributed by atoms with van der Waals surface area (Å²) in [5, 5.41) is 0. The summed E-state index contributed by atoms with van der Waals surface area (Å²) in [6.07, 6.45) is -4.93. The molecule has 6 heteroatoms. The van der Waals surface area contributed by atoms with Crippen molar-refractivity contribution in [2.24, 2.45) is 5.73 Å². The van der Waals surface area contributed by atoms with Crippen LogP contribution >= 0.6 is 0 Å². The van der Waals surface area contributed by atoms with Crippen molar-refractivity contribution in [2.75, 3.05) is 0 Å². The van der Waals surface area contributed by atoms with Gasteiger partial charge >= 0.3 is 6.18 Å². The van der Waals surface area contributed by atoms with Crippen molar-refractivity contribution in [3.05, 3.63) is 34.9 Å². The molecule has 0 aliphatic heterocycles. The molecule has 1 aliphatic carbocycles. The average molecular weight is 251 g/mol. The van der Waals surface area contributed by atoms with Crippen LogP contribution in [-0.2, 0) is 12.7 Å². The molecule has 1 atom stereocenters. The third-order valence-electron chi connectivity index (χ3n) is 2.81. The fourth-order valence-electron chi connectivity index (χ4n) is 1.78. The molecule has 1 aliphatic rings. The summed E-state index contributed by atoms with van der Waals surface area (Å²) in [5.41, 5.74) is 4.58. The van der Waals surface area contributed by atoms with Gasteiger partial charge in [0.2, 0.25) is 0 Å². The lowest BCUT2D eigenvalue weighted by Crippen LogP contribution is -2.09. The monoisotopic (exact) mass is 251 g/mol. The standard InChI is InChI=1S/C11H10F5N/c12-10(13)4-9(10)7-1-6(5-17)2-8(3-7)11(14,15)16/h1-3,9H,4-5,17H2. The summed E-state index contributed by atoms with van der Waals surface area (Å²) in [7, 11) is 0. The van der Waals surface area contributed by atoms with E-state index in [-0.39, 0.29) is 17.7 Å². The highest BCUT2D eigenvalue weighted by Gasteiger charge is 2.57. The third kappa shape index (κ3) is 2.41. The zero-order chi connectivity index (χ0) is 12.8. The Morgan fingerprint density at radius 3 is 2.24 bits per heavy atom. The summed E-state index contributed by atoms with van der Waals surface area (Å²) in [5.74, 6) is -3.98. The van der Waals surface area contributed by atoms with Gasteiger partial charge in [-0.05, 0) is 23.3 Å². The minimum Gasteiger partial charge on any atom is -0.326 e. The van der Waals surface area contributed by atoms with Crippen LogP contribution in [0.15, 0.2) is 18.2 Å². The van der Waals surface area contributed by atoms with E-state index in [1.165, 1.54) is 6.07 Å². The number of benzene rings is 1. The Balaban J connectivity index is 2.40. The van der Waals surface area contributed by atoms with Gasteiger partial charge in [-0.2, -0.15) is 13.2 Å². The topological polar surface area (TPSA) is 26.0 Å². The van der Waals surface area contributed by atoms with E-state index in [4.69, 9.17) is 5.73 Å². The molecule has 0 heterocycles. The summed E-state index contributed by atoms with van der Waals surface area (Å²) in [6.45, 7) is -0.102. The van der Waals surface area contributed by atoms with E-state index in [1.54, 1.807) is 0 Å². The number of nitrogens with two attached hydrogens (primary N) is 1. The molecule has 94 valence electrons. The second kappa shape index (κ2) is 3.66. The Morgan fingerprint density at radius 1 is 1.24 bits per heavy atom. The molecule has 0 bridgehead atoms. The summed E-state index contributed by atoms with van der Waals surface area (Å²) in [4.78, 5) is 0. The van der Waals surface area contributed by atoms with Gasteiger partial charge in [0.05, 0.1) is 11.5 Å². The van der Waals surface area contributed by atoms with Crippen molar-refractivity contribution >= 4 is 0 Å². The highest BCUT2D eigenvalue weighted by molar-refractivity contribution is 5.38. The van der Waals surface area contributed by atoms with E-state index < -0.39 is 30.0 Å². The van der Waals surface area contributed by atoms with Gasteiger partial charge in [0.15, 0.2) is 0 Å². The van der Waals surface area contributed by atoms with Crippen LogP contribution in [0.3, 0.4) is 0 Å². The van der Waals surface area contributed by atoms with E-state index in [0.29, 0.717) is 0 Å². The number of hydrogen-bond donors (Lipinski definition) is 1. The minimum atomic E-state index is -4.54. The largest absolute Gasteiger partial charge is 0.416 e. The Bertz CT molecular complexity index is 438. The van der Waals surface area contributed by atoms with Crippen LogP contribution in [0.1, 0.15) is 29.0 Å². The van der Waals surface area contributed by atoms with Crippen molar-refractivity contribution in [1.82, 2.24) is 0 Å². The molecule has 0 aromatic heterocycles. The molecule has 17 heavy (non-hydrogen) atoms. The van der Waals surface area contributed by atoms with Gasteiger partial charge < -0.3 is 5.73 Å². The lowest BCUT2D eigenvalue weighted by Gasteiger charge is -2.11. The van der Waals surface area contributed by atoms with E-state index in [0.717, 1.165) is 12.1 Å². The second-order valence-corrected chi connectivity index (χ2v) is 4.18. The number of halogens is 5. The zero-order valence-electron chi connectivity index (χ0n) is 8.69. The smallest absolute Gasteiger partial charge is 0.326 e. The molecule has 1 saturated carbocycles. The van der Waals surface area contributed by atoms with Crippen molar-refractivity contribution < 1.29 is 22.0 Å². The zero-order valence-corrected chi connectivity index (χ0v) is 8.69. The fraction of sp³-hybridized carbons (Fsp3) is 0.455. The van der Waals surface area contributed by atoms with Crippen molar-refractivity contribution in [1.29, 1.82) is 0 Å². The van der Waals surface area contributed by atoms with Gasteiger partial charge in [0, 0.05) is 13.0 Å². The maximum absolute atomic E-state index is 12.8. The predicted octanol–water partition coefficient (Wildman–Crippen LogP) is 3.29. The van der Waals surface area contributed by atoms with Crippen LogP contribution in [0.5, 0.6) is 0 Å². The molecule has 1 fully saturated rings. The van der Waals surface area contributed by atoms with Crippen LogP contribution in [0.2, 0.25) is 0 Å². The highest BCUT2D eigenvalue weighted by Crippen LogP contribution is 2.56. The van der Waals surface area contributed by atoms with Crippen LogP contribution < -0.4 is 5.73 Å². The second-order valence-electron chi connectivity index (χ2n) is 4.18. The average Bonchev–Trinajstić information content (AvgIpc) is 2.86. The van der Waals surface area contributed by atoms with Gasteiger partial charge in [0.25, 0.3) is 5.92 Å². The Morgan fingerprint density at radius 2 is 1.82 bits per heavy atom. The van der Waals surface area contributed by atoms with Crippen LogP contribution in [-0.4, -0.2) is 5.92 Å². The van der Waals surface area contributed by atoms with Gasteiger partial charge in [0.1, 0.15) is 0 Å². The molecule has 1 unspecified atom stereocenters. The fourth-order valence-corrected chi connectivity index (χ4v) is 1.78. The molecule has 1 aromatic carbocycles. The lowest BCUT2D eigenvalue weighted by molar-refractivity contribution is -0.137. The first-order valence-electron chi connectivity index (χ1n) is 5.03. The maximum atomic E-state index is 12.8. The predicted molar refractivity (Wildman–Crippen MR) is 51.6 cm³/mol. The van der Waals surface area contributed by atoms with Crippen LogP contribution in [0, 0.1) is 0 Å². The summed E-state index contributed by atoms with van der Waals surface area (Å²) < 4.78 is 63.3.